The van der Waals surface area contributed by atoms with Crippen molar-refractivity contribution in [2.24, 2.45) is 5.14 Å². The number of hydrogen-bond donors (Lipinski definition) is 1. The number of hydrogen-bond acceptors (Lipinski definition) is 5. The van der Waals surface area contributed by atoms with Gasteiger partial charge in [0, 0.05) is 19.1 Å². The van der Waals surface area contributed by atoms with Crippen LogP contribution in [0.1, 0.15) is 4.88 Å². The lowest BCUT2D eigenvalue weighted by atomic mass is 10.5. The lowest BCUT2D eigenvalue weighted by molar-refractivity contribution is 0.103. The Morgan fingerprint density at radius 1 is 1.25 bits per heavy atom. The fourth-order valence-electron chi connectivity index (χ4n) is 0.732. The zero-order valence-corrected chi connectivity index (χ0v) is 11.2. The molecule has 0 aliphatic carbocycles. The average molecular weight is 267 g/mol. The van der Waals surface area contributed by atoms with Crippen LogP contribution in [-0.4, -0.2) is 35.9 Å². The summed E-state index contributed by atoms with van der Waals surface area (Å²) in [7, 11) is -0.160. The number of methoxy groups -OCH3 is 2. The summed E-state index contributed by atoms with van der Waals surface area (Å²) < 4.78 is 30.8. The predicted octanol–water partition coefficient (Wildman–Crippen LogP) is 0.983. The van der Waals surface area contributed by atoms with Crippen molar-refractivity contribution < 1.29 is 17.9 Å². The third kappa shape index (κ3) is 6.91. The molecule has 0 amide bonds. The van der Waals surface area contributed by atoms with Gasteiger partial charge >= 0.3 is 0 Å². The second kappa shape index (κ2) is 7.75. The van der Waals surface area contributed by atoms with Gasteiger partial charge < -0.3 is 9.47 Å². The lowest BCUT2D eigenvalue weighted by Crippen LogP contribution is -2.09. The molecule has 5 nitrogen and oxygen atoms in total. The zero-order valence-electron chi connectivity index (χ0n) is 9.60. The summed E-state index contributed by atoms with van der Waals surface area (Å²) in [5.41, 5.74) is 0. The first kappa shape index (κ1) is 15.5. The van der Waals surface area contributed by atoms with Crippen LogP contribution in [0.15, 0.2) is 16.3 Å². The molecule has 94 valence electrons. The van der Waals surface area contributed by atoms with Crippen molar-refractivity contribution in [2.45, 2.75) is 11.1 Å². The SMILES string of the molecule is COCCOC.Cc1ccc(S(N)(=O)=O)s1. The fraction of sp³-hybridized carbons (Fsp3) is 0.556. The van der Waals surface area contributed by atoms with E-state index in [2.05, 4.69) is 9.47 Å². The monoisotopic (exact) mass is 267 g/mol. The van der Waals surface area contributed by atoms with Crippen LogP contribution in [0.25, 0.3) is 0 Å². The molecule has 0 saturated heterocycles. The van der Waals surface area contributed by atoms with E-state index in [1.54, 1.807) is 20.3 Å². The highest BCUT2D eigenvalue weighted by Gasteiger charge is 2.08. The molecule has 0 aliphatic heterocycles. The van der Waals surface area contributed by atoms with Gasteiger partial charge in [-0.05, 0) is 19.1 Å². The molecule has 0 radical (unpaired) electrons. The molecule has 1 aromatic rings. The maximum atomic E-state index is 10.6. The molecule has 1 heterocycles. The molecule has 0 spiro atoms. The van der Waals surface area contributed by atoms with E-state index in [0.717, 1.165) is 4.88 Å². The number of ether oxygens (including phenoxy) is 2. The van der Waals surface area contributed by atoms with Gasteiger partial charge in [0.05, 0.1) is 13.2 Å². The van der Waals surface area contributed by atoms with E-state index in [9.17, 15) is 8.42 Å². The fourth-order valence-corrected chi connectivity index (χ4v) is 2.44. The number of rotatable bonds is 4. The smallest absolute Gasteiger partial charge is 0.247 e. The summed E-state index contributed by atoms with van der Waals surface area (Å²) in [5.74, 6) is 0. The summed E-state index contributed by atoms with van der Waals surface area (Å²) in [4.78, 5) is 0.948. The van der Waals surface area contributed by atoms with Gasteiger partial charge in [-0.3, -0.25) is 0 Å². The largest absolute Gasteiger partial charge is 0.382 e. The third-order valence-corrected chi connectivity index (χ3v) is 3.93. The maximum Gasteiger partial charge on any atom is 0.247 e. The number of primary sulfonamides is 1. The van der Waals surface area contributed by atoms with E-state index >= 15 is 0 Å². The molecule has 0 saturated carbocycles. The van der Waals surface area contributed by atoms with Gasteiger partial charge in [0.15, 0.2) is 0 Å². The highest BCUT2D eigenvalue weighted by molar-refractivity contribution is 7.91. The summed E-state index contributed by atoms with van der Waals surface area (Å²) in [5, 5.41) is 4.85. The quantitative estimate of drug-likeness (QED) is 0.825. The molecule has 0 aromatic carbocycles. The second-order valence-electron chi connectivity index (χ2n) is 2.90. The van der Waals surface area contributed by atoms with Gasteiger partial charge in [-0.2, -0.15) is 0 Å². The van der Waals surface area contributed by atoms with Crippen LogP contribution in [0.5, 0.6) is 0 Å². The Bertz CT molecular complexity index is 382. The molecule has 0 bridgehead atoms. The molecule has 16 heavy (non-hydrogen) atoms. The van der Waals surface area contributed by atoms with Gasteiger partial charge in [0.2, 0.25) is 10.0 Å². The first-order valence-electron chi connectivity index (χ1n) is 4.49. The van der Waals surface area contributed by atoms with Gasteiger partial charge in [-0.1, -0.05) is 0 Å². The number of sulfonamides is 1. The highest BCUT2D eigenvalue weighted by atomic mass is 32.2. The van der Waals surface area contributed by atoms with Crippen LogP contribution in [0.3, 0.4) is 0 Å². The molecule has 1 rings (SSSR count). The minimum absolute atomic E-state index is 0.227. The second-order valence-corrected chi connectivity index (χ2v) is 5.97. The molecule has 2 N–H and O–H groups in total. The molecule has 0 unspecified atom stereocenters. The van der Waals surface area contributed by atoms with Crippen LogP contribution >= 0.6 is 11.3 Å². The summed E-state index contributed by atoms with van der Waals surface area (Å²) in [6.45, 7) is 3.21. The van der Waals surface area contributed by atoms with Crippen molar-refractivity contribution in [1.29, 1.82) is 0 Å². The molecule has 0 aliphatic rings. The number of aryl methyl sites for hydroxylation is 1. The molecule has 0 atom stereocenters. The summed E-state index contributed by atoms with van der Waals surface area (Å²) >= 11 is 1.18. The van der Waals surface area contributed by atoms with Gasteiger partial charge in [0.1, 0.15) is 4.21 Å². The maximum absolute atomic E-state index is 10.6. The molecule has 1 aromatic heterocycles. The van der Waals surface area contributed by atoms with Crippen LogP contribution < -0.4 is 5.14 Å². The predicted molar refractivity (Wildman–Crippen MR) is 64.2 cm³/mol. The Morgan fingerprint density at radius 2 is 1.75 bits per heavy atom. The minimum atomic E-state index is -3.46. The Labute approximate surface area is 100 Å². The van der Waals surface area contributed by atoms with Crippen molar-refractivity contribution in [1.82, 2.24) is 0 Å². The molecule has 7 heteroatoms. The van der Waals surface area contributed by atoms with E-state index in [0.29, 0.717) is 13.2 Å². The van der Waals surface area contributed by atoms with Gasteiger partial charge in [-0.15, -0.1) is 11.3 Å². The van der Waals surface area contributed by atoms with Crippen LogP contribution in [0.4, 0.5) is 0 Å². The highest BCUT2D eigenvalue weighted by Crippen LogP contribution is 2.18. The van der Waals surface area contributed by atoms with Crippen molar-refractivity contribution in [3.63, 3.8) is 0 Å². The van der Waals surface area contributed by atoms with E-state index in [-0.39, 0.29) is 4.21 Å². The zero-order chi connectivity index (χ0) is 12.6. The third-order valence-electron chi connectivity index (χ3n) is 1.49. The summed E-state index contributed by atoms with van der Waals surface area (Å²) in [6, 6.07) is 3.24. The van der Waals surface area contributed by atoms with Crippen molar-refractivity contribution in [3.05, 3.63) is 17.0 Å². The van der Waals surface area contributed by atoms with Crippen molar-refractivity contribution in [2.75, 3.05) is 27.4 Å². The Hall–Kier alpha value is -0.470. The van der Waals surface area contributed by atoms with E-state index < -0.39 is 10.0 Å². The number of nitrogens with two attached hydrogens (primary N) is 1. The normalized spacial score (nSPS) is 10.8. The topological polar surface area (TPSA) is 78.6 Å². The molecular formula is C9H17NO4S2. The minimum Gasteiger partial charge on any atom is -0.382 e. The lowest BCUT2D eigenvalue weighted by Gasteiger charge is -1.91. The van der Waals surface area contributed by atoms with Crippen LogP contribution in [0, 0.1) is 6.92 Å². The van der Waals surface area contributed by atoms with Gasteiger partial charge in [-0.25, -0.2) is 13.6 Å². The standard InChI is InChI=1S/C5H7NO2S2.C4H10O2/c1-4-2-3-5(9-4)10(6,7)8;1-5-3-4-6-2/h2-3H,1H3,(H2,6,7,8);3-4H2,1-2H3. The molecule has 0 fully saturated rings. The van der Waals surface area contributed by atoms with Crippen molar-refractivity contribution >= 4 is 21.4 Å². The van der Waals surface area contributed by atoms with Gasteiger partial charge in [0.25, 0.3) is 0 Å². The number of thiophene rings is 1. The van der Waals surface area contributed by atoms with E-state index in [1.807, 2.05) is 6.92 Å². The molecular weight excluding hydrogens is 250 g/mol. The van der Waals surface area contributed by atoms with Crippen LogP contribution in [0.2, 0.25) is 0 Å². The summed E-state index contributed by atoms with van der Waals surface area (Å²) in [6.07, 6.45) is 0. The Kier molecular flexibility index (Phi) is 7.52. The van der Waals surface area contributed by atoms with Crippen LogP contribution in [-0.2, 0) is 19.5 Å². The van der Waals surface area contributed by atoms with E-state index in [1.165, 1.54) is 17.4 Å². The Balaban J connectivity index is 0.000000325. The van der Waals surface area contributed by atoms with Crippen molar-refractivity contribution in [3.8, 4) is 0 Å². The Morgan fingerprint density at radius 3 is 1.94 bits per heavy atom. The average Bonchev–Trinajstić information content (AvgIpc) is 2.62. The van der Waals surface area contributed by atoms with E-state index in [4.69, 9.17) is 5.14 Å². The first-order chi connectivity index (χ1) is 7.41. The first-order valence-corrected chi connectivity index (χ1v) is 6.85.